The second-order valence-corrected chi connectivity index (χ2v) is 6.52. The molecule has 1 aliphatic heterocycles. The van der Waals surface area contributed by atoms with Gasteiger partial charge in [0, 0.05) is 19.6 Å². The van der Waals surface area contributed by atoms with E-state index in [1.54, 1.807) is 18.3 Å². The summed E-state index contributed by atoms with van der Waals surface area (Å²) in [5.74, 6) is 0.265. The van der Waals surface area contributed by atoms with Crippen molar-refractivity contribution in [2.24, 2.45) is 11.7 Å². The van der Waals surface area contributed by atoms with Crippen molar-refractivity contribution >= 4 is 17.4 Å². The molecule has 0 spiro atoms. The zero-order chi connectivity index (χ0) is 17.8. The molecule has 132 valence electrons. The van der Waals surface area contributed by atoms with Crippen molar-refractivity contribution < 1.29 is 9.18 Å². The maximum atomic E-state index is 13.3. The van der Waals surface area contributed by atoms with Gasteiger partial charge in [-0.2, -0.15) is 0 Å². The van der Waals surface area contributed by atoms with Gasteiger partial charge in [0.2, 0.25) is 5.91 Å². The Balaban J connectivity index is 1.62. The Kier molecular flexibility index (Phi) is 5.16. The van der Waals surface area contributed by atoms with Crippen LogP contribution in [0.1, 0.15) is 24.0 Å². The predicted octanol–water partition coefficient (Wildman–Crippen LogP) is 2.84. The van der Waals surface area contributed by atoms with Gasteiger partial charge in [-0.15, -0.1) is 0 Å². The second kappa shape index (κ2) is 7.51. The Labute approximate surface area is 147 Å². The van der Waals surface area contributed by atoms with Gasteiger partial charge in [0.05, 0.1) is 17.8 Å². The van der Waals surface area contributed by atoms with Crippen LogP contribution in [0.5, 0.6) is 0 Å². The number of pyridine rings is 1. The van der Waals surface area contributed by atoms with Gasteiger partial charge in [-0.3, -0.25) is 4.79 Å². The number of hydrogen-bond acceptors (Lipinski definition) is 4. The number of carbonyl (C=O) groups excluding carboxylic acids is 1. The first-order valence-electron chi connectivity index (χ1n) is 8.52. The lowest BCUT2D eigenvalue weighted by atomic mass is 9.97. The lowest BCUT2D eigenvalue weighted by Crippen LogP contribution is -2.41. The van der Waals surface area contributed by atoms with Crippen LogP contribution in [-0.2, 0) is 11.3 Å². The summed E-state index contributed by atoms with van der Waals surface area (Å²) in [6.45, 7) is 4.00. The van der Waals surface area contributed by atoms with Crippen molar-refractivity contribution in [3.05, 3.63) is 53.5 Å². The fourth-order valence-electron chi connectivity index (χ4n) is 3.12. The van der Waals surface area contributed by atoms with E-state index in [2.05, 4.69) is 15.2 Å². The molecule has 1 saturated heterocycles. The normalized spacial score (nSPS) is 17.4. The van der Waals surface area contributed by atoms with E-state index in [0.717, 1.165) is 42.0 Å². The molecule has 2 heterocycles. The van der Waals surface area contributed by atoms with Crippen molar-refractivity contribution in [3.63, 3.8) is 0 Å². The summed E-state index contributed by atoms with van der Waals surface area (Å²) < 4.78 is 13.3. The highest BCUT2D eigenvalue weighted by molar-refractivity contribution is 5.77. The molecular weight excluding hydrogens is 319 g/mol. The Morgan fingerprint density at radius 1 is 1.40 bits per heavy atom. The average Bonchev–Trinajstić information content (AvgIpc) is 2.63. The highest BCUT2D eigenvalue weighted by Crippen LogP contribution is 2.22. The van der Waals surface area contributed by atoms with Gasteiger partial charge >= 0.3 is 0 Å². The number of halogens is 1. The fraction of sp³-hybridized carbons (Fsp3) is 0.368. The number of nitrogens with one attached hydrogen (secondary N) is 1. The zero-order valence-corrected chi connectivity index (χ0v) is 14.3. The van der Waals surface area contributed by atoms with E-state index in [1.165, 1.54) is 6.07 Å². The number of aryl methyl sites for hydroxylation is 1. The molecule has 1 unspecified atom stereocenters. The third-order valence-corrected chi connectivity index (χ3v) is 4.69. The molecule has 6 heteroatoms. The summed E-state index contributed by atoms with van der Waals surface area (Å²) in [7, 11) is 0. The number of amides is 1. The van der Waals surface area contributed by atoms with E-state index in [1.807, 2.05) is 19.1 Å². The molecular formula is C19H23FN4O. The quantitative estimate of drug-likeness (QED) is 0.876. The van der Waals surface area contributed by atoms with Crippen molar-refractivity contribution in [1.29, 1.82) is 0 Å². The smallest absolute Gasteiger partial charge is 0.222 e. The van der Waals surface area contributed by atoms with Crippen LogP contribution in [0.4, 0.5) is 15.9 Å². The molecule has 1 aromatic heterocycles. The summed E-state index contributed by atoms with van der Waals surface area (Å²) in [4.78, 5) is 18.0. The standard InChI is InChI=1S/C19H23FN4O/c1-13-4-5-16(20)9-15(13)10-22-17-6-7-18(23-11-17)24-8-2-3-14(12-24)19(21)25/h4-7,9,11,14,22H,2-3,8,10,12H2,1H3,(H2,21,25). The lowest BCUT2D eigenvalue weighted by molar-refractivity contribution is -0.122. The third-order valence-electron chi connectivity index (χ3n) is 4.69. The first-order chi connectivity index (χ1) is 12.0. The van der Waals surface area contributed by atoms with E-state index in [9.17, 15) is 9.18 Å². The maximum absolute atomic E-state index is 13.3. The topological polar surface area (TPSA) is 71.2 Å². The highest BCUT2D eigenvalue weighted by Gasteiger charge is 2.24. The van der Waals surface area contributed by atoms with Crippen LogP contribution in [0.2, 0.25) is 0 Å². The minimum absolute atomic E-state index is 0.107. The molecule has 3 rings (SSSR count). The van der Waals surface area contributed by atoms with Gasteiger partial charge in [0.1, 0.15) is 11.6 Å². The third kappa shape index (κ3) is 4.26. The van der Waals surface area contributed by atoms with E-state index >= 15 is 0 Å². The number of piperidine rings is 1. The number of carbonyl (C=O) groups is 1. The monoisotopic (exact) mass is 342 g/mol. The lowest BCUT2D eigenvalue weighted by Gasteiger charge is -2.32. The van der Waals surface area contributed by atoms with Gasteiger partial charge < -0.3 is 16.0 Å². The van der Waals surface area contributed by atoms with E-state index in [4.69, 9.17) is 5.73 Å². The molecule has 2 aromatic rings. The van der Waals surface area contributed by atoms with Gasteiger partial charge in [0.15, 0.2) is 0 Å². The number of nitrogens with two attached hydrogens (primary N) is 1. The molecule has 0 saturated carbocycles. The molecule has 3 N–H and O–H groups in total. The molecule has 0 bridgehead atoms. The molecule has 5 nitrogen and oxygen atoms in total. The molecule has 0 radical (unpaired) electrons. The number of benzene rings is 1. The minimum atomic E-state index is -0.242. The number of primary amides is 1. The van der Waals surface area contributed by atoms with E-state index < -0.39 is 0 Å². The first kappa shape index (κ1) is 17.2. The number of nitrogens with zero attached hydrogens (tertiary/aromatic N) is 2. The van der Waals surface area contributed by atoms with Crippen LogP contribution in [-0.4, -0.2) is 24.0 Å². The predicted molar refractivity (Wildman–Crippen MR) is 96.8 cm³/mol. The molecule has 1 atom stereocenters. The SMILES string of the molecule is Cc1ccc(F)cc1CNc1ccc(N2CCCC(C(N)=O)C2)nc1. The molecule has 1 fully saturated rings. The summed E-state index contributed by atoms with van der Waals surface area (Å²) in [5, 5.41) is 3.26. The van der Waals surface area contributed by atoms with E-state index in [0.29, 0.717) is 13.1 Å². The van der Waals surface area contributed by atoms with Crippen LogP contribution in [0.3, 0.4) is 0 Å². The number of rotatable bonds is 5. The Hall–Kier alpha value is -2.63. The first-order valence-corrected chi connectivity index (χ1v) is 8.52. The second-order valence-electron chi connectivity index (χ2n) is 6.52. The molecule has 25 heavy (non-hydrogen) atoms. The average molecular weight is 342 g/mol. The summed E-state index contributed by atoms with van der Waals surface area (Å²) in [6, 6.07) is 8.67. The molecule has 1 aliphatic rings. The zero-order valence-electron chi connectivity index (χ0n) is 14.3. The van der Waals surface area contributed by atoms with Crippen molar-refractivity contribution in [2.45, 2.75) is 26.3 Å². The fourth-order valence-corrected chi connectivity index (χ4v) is 3.12. The Morgan fingerprint density at radius 2 is 2.24 bits per heavy atom. The molecule has 1 amide bonds. The Morgan fingerprint density at radius 3 is 2.96 bits per heavy atom. The largest absolute Gasteiger partial charge is 0.380 e. The van der Waals surface area contributed by atoms with Crippen LogP contribution in [0, 0.1) is 18.7 Å². The van der Waals surface area contributed by atoms with Crippen molar-refractivity contribution in [3.8, 4) is 0 Å². The molecule has 0 aliphatic carbocycles. The summed E-state index contributed by atoms with van der Waals surface area (Å²) >= 11 is 0. The van der Waals surface area contributed by atoms with Gasteiger partial charge in [0.25, 0.3) is 0 Å². The van der Waals surface area contributed by atoms with Gasteiger partial charge in [-0.1, -0.05) is 6.07 Å². The van der Waals surface area contributed by atoms with Crippen LogP contribution < -0.4 is 16.0 Å². The maximum Gasteiger partial charge on any atom is 0.222 e. The van der Waals surface area contributed by atoms with Gasteiger partial charge in [-0.05, 0) is 55.2 Å². The number of aromatic nitrogens is 1. The van der Waals surface area contributed by atoms with Crippen molar-refractivity contribution in [2.75, 3.05) is 23.3 Å². The molecule has 1 aromatic carbocycles. The van der Waals surface area contributed by atoms with E-state index in [-0.39, 0.29) is 17.6 Å². The highest BCUT2D eigenvalue weighted by atomic mass is 19.1. The summed E-state index contributed by atoms with van der Waals surface area (Å²) in [6.07, 6.45) is 3.55. The number of anilines is 2. The Bertz CT molecular complexity index is 748. The van der Waals surface area contributed by atoms with Gasteiger partial charge in [-0.25, -0.2) is 9.37 Å². The van der Waals surface area contributed by atoms with Crippen LogP contribution in [0.25, 0.3) is 0 Å². The number of hydrogen-bond donors (Lipinski definition) is 2. The minimum Gasteiger partial charge on any atom is -0.380 e. The van der Waals surface area contributed by atoms with Crippen LogP contribution >= 0.6 is 0 Å². The van der Waals surface area contributed by atoms with Crippen molar-refractivity contribution in [1.82, 2.24) is 4.98 Å². The summed E-state index contributed by atoms with van der Waals surface area (Å²) in [5.41, 5.74) is 8.26. The van der Waals surface area contributed by atoms with Crippen LogP contribution in [0.15, 0.2) is 36.5 Å².